The topological polar surface area (TPSA) is 38.3 Å². The van der Waals surface area contributed by atoms with E-state index in [9.17, 15) is 4.79 Å². The molecule has 0 spiro atoms. The average molecular weight is 171 g/mol. The van der Waals surface area contributed by atoms with Gasteiger partial charge in [-0.25, -0.2) is 0 Å². The summed E-state index contributed by atoms with van der Waals surface area (Å²) in [6, 6.07) is 0. The second kappa shape index (κ2) is 4.45. The first-order valence-electron chi connectivity index (χ1n) is 4.59. The Bertz CT molecular complexity index is 151. The summed E-state index contributed by atoms with van der Waals surface area (Å²) in [6.45, 7) is 5.64. The number of amides is 1. The second-order valence-corrected chi connectivity index (χ2v) is 3.64. The molecule has 1 amide bonds. The number of carbonyl (C=O) groups excluding carboxylic acids is 1. The maximum absolute atomic E-state index is 11.3. The van der Waals surface area contributed by atoms with Crippen LogP contribution >= 0.6 is 0 Å². The van der Waals surface area contributed by atoms with E-state index in [0.717, 1.165) is 26.0 Å². The van der Waals surface area contributed by atoms with Crippen LogP contribution in [0.2, 0.25) is 0 Å². The molecule has 0 aromatic rings. The Morgan fingerprint density at radius 2 is 2.42 bits per heavy atom. The third-order valence-corrected chi connectivity index (χ3v) is 1.91. The minimum absolute atomic E-state index is 0.0567. The summed E-state index contributed by atoms with van der Waals surface area (Å²) in [7, 11) is 0. The highest BCUT2D eigenvalue weighted by molar-refractivity contribution is 5.80. The van der Waals surface area contributed by atoms with Gasteiger partial charge in [-0.3, -0.25) is 4.79 Å². The van der Waals surface area contributed by atoms with Crippen molar-refractivity contribution in [1.82, 2.24) is 5.32 Å². The Morgan fingerprint density at radius 1 is 1.67 bits per heavy atom. The quantitative estimate of drug-likeness (QED) is 0.686. The Labute approximate surface area is 73.5 Å². The molecule has 1 fully saturated rings. The SMILES string of the molecule is CC(C)CNC(=O)[C@@H]1CCCO1. The number of rotatable bonds is 3. The van der Waals surface area contributed by atoms with Gasteiger partial charge >= 0.3 is 0 Å². The predicted molar refractivity (Wildman–Crippen MR) is 46.8 cm³/mol. The third kappa shape index (κ3) is 2.81. The summed E-state index contributed by atoms with van der Waals surface area (Å²) in [6.07, 6.45) is 1.72. The normalized spacial score (nSPS) is 23.1. The monoisotopic (exact) mass is 171 g/mol. The summed E-state index contributed by atoms with van der Waals surface area (Å²) in [5.74, 6) is 0.566. The minimum atomic E-state index is -0.177. The molecule has 1 N–H and O–H groups in total. The zero-order valence-electron chi connectivity index (χ0n) is 7.80. The highest BCUT2D eigenvalue weighted by atomic mass is 16.5. The van der Waals surface area contributed by atoms with Gasteiger partial charge in [-0.05, 0) is 18.8 Å². The summed E-state index contributed by atoms with van der Waals surface area (Å²) in [4.78, 5) is 11.3. The number of carbonyl (C=O) groups is 1. The molecule has 70 valence electrons. The molecular formula is C9H17NO2. The molecule has 1 saturated heterocycles. The van der Waals surface area contributed by atoms with E-state index in [2.05, 4.69) is 19.2 Å². The van der Waals surface area contributed by atoms with Crippen molar-refractivity contribution in [3.63, 3.8) is 0 Å². The lowest BCUT2D eigenvalue weighted by atomic mass is 10.2. The van der Waals surface area contributed by atoms with Crippen LogP contribution < -0.4 is 5.32 Å². The maximum Gasteiger partial charge on any atom is 0.249 e. The number of nitrogens with one attached hydrogen (secondary N) is 1. The third-order valence-electron chi connectivity index (χ3n) is 1.91. The van der Waals surface area contributed by atoms with Gasteiger partial charge in [0, 0.05) is 13.2 Å². The first-order chi connectivity index (χ1) is 5.70. The predicted octanol–water partition coefficient (Wildman–Crippen LogP) is 0.938. The van der Waals surface area contributed by atoms with Gasteiger partial charge < -0.3 is 10.1 Å². The zero-order valence-corrected chi connectivity index (χ0v) is 7.80. The van der Waals surface area contributed by atoms with Crippen molar-refractivity contribution in [2.45, 2.75) is 32.8 Å². The van der Waals surface area contributed by atoms with Crippen LogP contribution in [0.15, 0.2) is 0 Å². The van der Waals surface area contributed by atoms with Crippen LogP contribution in [0, 0.1) is 5.92 Å². The van der Waals surface area contributed by atoms with Gasteiger partial charge in [-0.15, -0.1) is 0 Å². The lowest BCUT2D eigenvalue weighted by Gasteiger charge is -2.11. The van der Waals surface area contributed by atoms with E-state index in [1.807, 2.05) is 0 Å². The van der Waals surface area contributed by atoms with Gasteiger partial charge in [0.05, 0.1) is 0 Å². The van der Waals surface area contributed by atoms with E-state index in [4.69, 9.17) is 4.74 Å². The molecule has 0 radical (unpaired) electrons. The van der Waals surface area contributed by atoms with Gasteiger partial charge in [-0.2, -0.15) is 0 Å². The molecule has 0 bridgehead atoms. The standard InChI is InChI=1S/C9H17NO2/c1-7(2)6-10-9(11)8-4-3-5-12-8/h7-8H,3-6H2,1-2H3,(H,10,11)/t8-/m0/s1. The van der Waals surface area contributed by atoms with E-state index in [1.165, 1.54) is 0 Å². The molecule has 0 aromatic carbocycles. The average Bonchev–Trinajstić information content (AvgIpc) is 2.51. The van der Waals surface area contributed by atoms with Crippen molar-refractivity contribution in [3.05, 3.63) is 0 Å². The highest BCUT2D eigenvalue weighted by Gasteiger charge is 2.22. The molecule has 0 aromatic heterocycles. The molecule has 3 nitrogen and oxygen atoms in total. The van der Waals surface area contributed by atoms with Gasteiger partial charge in [0.1, 0.15) is 6.10 Å². The Hall–Kier alpha value is -0.570. The van der Waals surface area contributed by atoms with Crippen LogP contribution in [-0.4, -0.2) is 25.2 Å². The lowest BCUT2D eigenvalue weighted by Crippen LogP contribution is -2.36. The van der Waals surface area contributed by atoms with Crippen molar-refractivity contribution in [2.75, 3.05) is 13.2 Å². The summed E-state index contributed by atoms with van der Waals surface area (Å²) in [5.41, 5.74) is 0. The van der Waals surface area contributed by atoms with E-state index >= 15 is 0 Å². The molecule has 1 atom stereocenters. The fourth-order valence-corrected chi connectivity index (χ4v) is 1.20. The second-order valence-electron chi connectivity index (χ2n) is 3.64. The first kappa shape index (κ1) is 9.52. The smallest absolute Gasteiger partial charge is 0.249 e. The van der Waals surface area contributed by atoms with Crippen molar-refractivity contribution in [3.8, 4) is 0 Å². The van der Waals surface area contributed by atoms with Gasteiger partial charge in [0.2, 0.25) is 5.91 Å². The molecular weight excluding hydrogens is 154 g/mol. The van der Waals surface area contributed by atoms with E-state index < -0.39 is 0 Å². The molecule has 0 saturated carbocycles. The first-order valence-corrected chi connectivity index (χ1v) is 4.59. The Morgan fingerprint density at radius 3 is 2.92 bits per heavy atom. The van der Waals surface area contributed by atoms with Crippen LogP contribution in [0.3, 0.4) is 0 Å². The summed E-state index contributed by atoms with van der Waals surface area (Å²) in [5, 5.41) is 2.86. The molecule has 1 aliphatic rings. The van der Waals surface area contributed by atoms with E-state index in [-0.39, 0.29) is 12.0 Å². The van der Waals surface area contributed by atoms with E-state index in [0.29, 0.717) is 5.92 Å². The molecule has 1 rings (SSSR count). The largest absolute Gasteiger partial charge is 0.368 e. The lowest BCUT2D eigenvalue weighted by molar-refractivity contribution is -0.130. The molecule has 12 heavy (non-hydrogen) atoms. The van der Waals surface area contributed by atoms with Gasteiger partial charge in [0.15, 0.2) is 0 Å². The molecule has 0 aliphatic carbocycles. The van der Waals surface area contributed by atoms with Gasteiger partial charge in [0.25, 0.3) is 0 Å². The number of ether oxygens (including phenoxy) is 1. The number of hydrogen-bond acceptors (Lipinski definition) is 2. The summed E-state index contributed by atoms with van der Waals surface area (Å²) >= 11 is 0. The van der Waals surface area contributed by atoms with E-state index in [1.54, 1.807) is 0 Å². The number of hydrogen-bond donors (Lipinski definition) is 1. The van der Waals surface area contributed by atoms with Crippen LogP contribution in [0.25, 0.3) is 0 Å². The summed E-state index contributed by atoms with van der Waals surface area (Å²) < 4.78 is 5.23. The van der Waals surface area contributed by atoms with Crippen molar-refractivity contribution < 1.29 is 9.53 Å². The maximum atomic E-state index is 11.3. The van der Waals surface area contributed by atoms with Crippen molar-refractivity contribution in [1.29, 1.82) is 0 Å². The van der Waals surface area contributed by atoms with Crippen LogP contribution in [0.1, 0.15) is 26.7 Å². The Balaban J connectivity index is 2.18. The minimum Gasteiger partial charge on any atom is -0.368 e. The molecule has 3 heteroatoms. The fraction of sp³-hybridized carbons (Fsp3) is 0.889. The van der Waals surface area contributed by atoms with Crippen molar-refractivity contribution in [2.24, 2.45) is 5.92 Å². The highest BCUT2D eigenvalue weighted by Crippen LogP contribution is 2.11. The Kier molecular flexibility index (Phi) is 3.53. The molecule has 1 aliphatic heterocycles. The zero-order chi connectivity index (χ0) is 8.97. The fourth-order valence-electron chi connectivity index (χ4n) is 1.20. The van der Waals surface area contributed by atoms with Gasteiger partial charge in [-0.1, -0.05) is 13.8 Å². The molecule has 0 unspecified atom stereocenters. The molecule has 1 heterocycles. The van der Waals surface area contributed by atoms with Crippen LogP contribution in [0.5, 0.6) is 0 Å². The van der Waals surface area contributed by atoms with Crippen LogP contribution in [0.4, 0.5) is 0 Å². The van der Waals surface area contributed by atoms with Crippen LogP contribution in [-0.2, 0) is 9.53 Å². The van der Waals surface area contributed by atoms with Crippen molar-refractivity contribution >= 4 is 5.91 Å².